The lowest BCUT2D eigenvalue weighted by Crippen LogP contribution is -2.48. The number of likely N-dealkylation sites (tertiary alicyclic amines) is 1. The zero-order valence-electron chi connectivity index (χ0n) is 11.3. The molecule has 1 fully saturated rings. The van der Waals surface area contributed by atoms with Gasteiger partial charge in [0.1, 0.15) is 5.69 Å². The summed E-state index contributed by atoms with van der Waals surface area (Å²) < 4.78 is 1.71. The average molecular weight is 264 g/mol. The van der Waals surface area contributed by atoms with Crippen molar-refractivity contribution in [2.75, 3.05) is 12.3 Å². The van der Waals surface area contributed by atoms with E-state index in [1.807, 2.05) is 6.92 Å². The quantitative estimate of drug-likeness (QED) is 0.806. The van der Waals surface area contributed by atoms with Crippen LogP contribution in [0.1, 0.15) is 30.3 Å². The van der Waals surface area contributed by atoms with Gasteiger partial charge in [-0.05, 0) is 25.8 Å². The minimum atomic E-state index is -0.337. The van der Waals surface area contributed by atoms with Gasteiger partial charge in [-0.15, -0.1) is 0 Å². The molecule has 2 rings (SSSR count). The van der Waals surface area contributed by atoms with Crippen LogP contribution >= 0.6 is 0 Å². The van der Waals surface area contributed by atoms with E-state index in [1.165, 1.54) is 0 Å². The number of nitrogens with zero attached hydrogens (tertiary/aromatic N) is 2. The van der Waals surface area contributed by atoms with Crippen molar-refractivity contribution in [3.63, 3.8) is 0 Å². The van der Waals surface area contributed by atoms with Crippen molar-refractivity contribution < 1.29 is 9.59 Å². The first-order chi connectivity index (χ1) is 8.90. The Hall–Kier alpha value is -1.98. The highest BCUT2D eigenvalue weighted by atomic mass is 16.2. The van der Waals surface area contributed by atoms with Gasteiger partial charge in [0, 0.05) is 25.8 Å². The highest BCUT2D eigenvalue weighted by Gasteiger charge is 2.32. The zero-order chi connectivity index (χ0) is 14.2. The summed E-state index contributed by atoms with van der Waals surface area (Å²) in [5.41, 5.74) is 12.1. The Kier molecular flexibility index (Phi) is 3.50. The third-order valence-corrected chi connectivity index (χ3v) is 3.79. The predicted octanol–water partition coefficient (Wildman–Crippen LogP) is 0.333. The number of nitrogen functional groups attached to an aromatic ring is 1. The van der Waals surface area contributed by atoms with Crippen molar-refractivity contribution in [3.05, 3.63) is 18.0 Å². The van der Waals surface area contributed by atoms with Crippen LogP contribution in [0, 0.1) is 5.92 Å². The number of piperidine rings is 1. The summed E-state index contributed by atoms with van der Waals surface area (Å²) in [6, 6.07) is 1.77. The van der Waals surface area contributed by atoms with Crippen LogP contribution in [0.5, 0.6) is 0 Å². The number of carbonyl (C=O) groups is 2. The van der Waals surface area contributed by atoms with Crippen LogP contribution in [0.3, 0.4) is 0 Å². The Morgan fingerprint density at radius 2 is 2.05 bits per heavy atom. The van der Waals surface area contributed by atoms with Gasteiger partial charge < -0.3 is 20.9 Å². The third kappa shape index (κ3) is 2.57. The molecule has 0 aromatic carbocycles. The molecular weight excluding hydrogens is 244 g/mol. The molecular formula is C13H20N4O2. The first-order valence-electron chi connectivity index (χ1n) is 6.42. The maximum atomic E-state index is 12.5. The van der Waals surface area contributed by atoms with E-state index in [0.717, 1.165) is 12.8 Å². The first kappa shape index (κ1) is 13.5. The minimum Gasteiger partial charge on any atom is -0.397 e. The molecule has 2 amide bonds. The molecule has 2 heterocycles. The maximum Gasteiger partial charge on any atom is 0.270 e. The summed E-state index contributed by atoms with van der Waals surface area (Å²) in [6.45, 7) is 2.38. The Labute approximate surface area is 112 Å². The summed E-state index contributed by atoms with van der Waals surface area (Å²) >= 11 is 0. The summed E-state index contributed by atoms with van der Waals surface area (Å²) in [7, 11) is 1.78. The molecule has 2 atom stereocenters. The molecule has 6 nitrogen and oxygen atoms in total. The summed E-state index contributed by atoms with van der Waals surface area (Å²) in [4.78, 5) is 25.5. The van der Waals surface area contributed by atoms with E-state index < -0.39 is 0 Å². The van der Waals surface area contributed by atoms with Crippen LogP contribution in [0.4, 0.5) is 5.69 Å². The van der Waals surface area contributed by atoms with Crippen molar-refractivity contribution >= 4 is 17.5 Å². The van der Waals surface area contributed by atoms with Crippen LogP contribution in [-0.4, -0.2) is 33.9 Å². The molecule has 1 aliphatic rings. The number of nitrogens with two attached hydrogens (primary N) is 2. The number of aromatic nitrogens is 1. The lowest BCUT2D eigenvalue weighted by atomic mass is 9.92. The average Bonchev–Trinajstić information content (AvgIpc) is 2.68. The maximum absolute atomic E-state index is 12.5. The van der Waals surface area contributed by atoms with Crippen LogP contribution < -0.4 is 11.5 Å². The van der Waals surface area contributed by atoms with Gasteiger partial charge in [0.05, 0.1) is 11.6 Å². The molecule has 0 saturated carbocycles. The molecule has 0 radical (unpaired) electrons. The lowest BCUT2D eigenvalue weighted by molar-refractivity contribution is -0.123. The van der Waals surface area contributed by atoms with E-state index in [1.54, 1.807) is 28.8 Å². The number of amides is 2. The molecule has 104 valence electrons. The fourth-order valence-electron chi connectivity index (χ4n) is 2.57. The summed E-state index contributed by atoms with van der Waals surface area (Å²) in [6.07, 6.45) is 3.24. The fraction of sp³-hybridized carbons (Fsp3) is 0.538. The van der Waals surface area contributed by atoms with Crippen molar-refractivity contribution in [3.8, 4) is 0 Å². The van der Waals surface area contributed by atoms with Crippen molar-refractivity contribution in [2.45, 2.75) is 25.8 Å². The van der Waals surface area contributed by atoms with Crippen molar-refractivity contribution in [1.29, 1.82) is 0 Å². The number of carbonyl (C=O) groups excluding carboxylic acids is 2. The van der Waals surface area contributed by atoms with E-state index >= 15 is 0 Å². The van der Waals surface area contributed by atoms with Gasteiger partial charge in [0.2, 0.25) is 5.91 Å². The second kappa shape index (κ2) is 4.95. The molecule has 2 unspecified atom stereocenters. The summed E-state index contributed by atoms with van der Waals surface area (Å²) in [5.74, 6) is -0.688. The van der Waals surface area contributed by atoms with Crippen molar-refractivity contribution in [1.82, 2.24) is 9.47 Å². The standard InChI is InChI=1S/C13H20N4O2/c1-8-3-4-9(12(15)18)6-17(8)13(19)11-5-10(14)7-16(11)2/h5,7-9H,3-4,6,14H2,1-2H3,(H2,15,18). The van der Waals surface area contributed by atoms with Crippen molar-refractivity contribution in [2.24, 2.45) is 18.7 Å². The Bertz CT molecular complexity index is 509. The van der Waals surface area contributed by atoms with Gasteiger partial charge in [-0.1, -0.05) is 0 Å². The molecule has 1 aromatic heterocycles. The van der Waals surface area contributed by atoms with E-state index in [0.29, 0.717) is 17.9 Å². The molecule has 0 spiro atoms. The van der Waals surface area contributed by atoms with Gasteiger partial charge in [-0.2, -0.15) is 0 Å². The van der Waals surface area contributed by atoms with Gasteiger partial charge in [0.25, 0.3) is 5.91 Å². The lowest BCUT2D eigenvalue weighted by Gasteiger charge is -2.36. The van der Waals surface area contributed by atoms with Crippen LogP contribution in [-0.2, 0) is 11.8 Å². The van der Waals surface area contributed by atoms with Crippen LogP contribution in [0.15, 0.2) is 12.3 Å². The van der Waals surface area contributed by atoms with Crippen LogP contribution in [0.25, 0.3) is 0 Å². The van der Waals surface area contributed by atoms with E-state index in [9.17, 15) is 9.59 Å². The highest BCUT2D eigenvalue weighted by molar-refractivity contribution is 5.94. The third-order valence-electron chi connectivity index (χ3n) is 3.79. The number of hydrogen-bond donors (Lipinski definition) is 2. The van der Waals surface area contributed by atoms with E-state index in [2.05, 4.69) is 0 Å². The highest BCUT2D eigenvalue weighted by Crippen LogP contribution is 2.24. The fourth-order valence-corrected chi connectivity index (χ4v) is 2.57. The second-order valence-electron chi connectivity index (χ2n) is 5.25. The SMILES string of the molecule is CC1CCC(C(N)=O)CN1C(=O)c1cc(N)cn1C. The first-order valence-corrected chi connectivity index (χ1v) is 6.42. The number of rotatable bonds is 2. The van der Waals surface area contributed by atoms with Gasteiger partial charge in [-0.3, -0.25) is 9.59 Å². The van der Waals surface area contributed by atoms with Gasteiger partial charge >= 0.3 is 0 Å². The Morgan fingerprint density at radius 3 is 2.58 bits per heavy atom. The molecule has 1 saturated heterocycles. The Morgan fingerprint density at radius 1 is 1.37 bits per heavy atom. The van der Waals surface area contributed by atoms with Gasteiger partial charge in [0.15, 0.2) is 0 Å². The molecule has 1 aromatic rings. The number of aryl methyl sites for hydroxylation is 1. The Balaban J connectivity index is 2.21. The summed E-state index contributed by atoms with van der Waals surface area (Å²) in [5, 5.41) is 0. The predicted molar refractivity (Wildman–Crippen MR) is 72.2 cm³/mol. The molecule has 1 aliphatic heterocycles. The number of anilines is 1. The van der Waals surface area contributed by atoms with Crippen LogP contribution in [0.2, 0.25) is 0 Å². The largest absolute Gasteiger partial charge is 0.397 e. The smallest absolute Gasteiger partial charge is 0.270 e. The molecule has 19 heavy (non-hydrogen) atoms. The topological polar surface area (TPSA) is 94.3 Å². The van der Waals surface area contributed by atoms with E-state index in [4.69, 9.17) is 11.5 Å². The second-order valence-corrected chi connectivity index (χ2v) is 5.25. The number of hydrogen-bond acceptors (Lipinski definition) is 3. The minimum absolute atomic E-state index is 0.0994. The monoisotopic (exact) mass is 264 g/mol. The molecule has 0 bridgehead atoms. The number of primary amides is 1. The zero-order valence-corrected chi connectivity index (χ0v) is 11.3. The van der Waals surface area contributed by atoms with E-state index in [-0.39, 0.29) is 23.8 Å². The van der Waals surface area contributed by atoms with Gasteiger partial charge in [-0.25, -0.2) is 0 Å². The normalized spacial score (nSPS) is 23.4. The molecule has 0 aliphatic carbocycles. The molecule has 4 N–H and O–H groups in total. The molecule has 6 heteroatoms.